The first-order valence-corrected chi connectivity index (χ1v) is 9.91. The Hall–Kier alpha value is -2.08. The second kappa shape index (κ2) is 7.15. The molecule has 2 heterocycles. The number of piperidine rings is 2. The van der Waals surface area contributed by atoms with Gasteiger partial charge in [-0.15, -0.1) is 0 Å². The van der Waals surface area contributed by atoms with Crippen molar-refractivity contribution < 1.29 is 19.4 Å². The number of hydrogen-bond donors (Lipinski definition) is 1. The molecule has 6 nitrogen and oxygen atoms in total. The summed E-state index contributed by atoms with van der Waals surface area (Å²) in [6.07, 6.45) is 4.47. The Balaban J connectivity index is 1.37. The lowest BCUT2D eigenvalue weighted by Gasteiger charge is -2.43. The summed E-state index contributed by atoms with van der Waals surface area (Å²) >= 11 is 0. The Kier molecular flexibility index (Phi) is 4.84. The molecule has 1 amide bonds. The van der Waals surface area contributed by atoms with Gasteiger partial charge in [-0.2, -0.15) is 0 Å². The van der Waals surface area contributed by atoms with Crippen LogP contribution in [0.3, 0.4) is 0 Å². The van der Waals surface area contributed by atoms with Crippen molar-refractivity contribution in [3.63, 3.8) is 0 Å². The number of para-hydroxylation sites is 1. The molecule has 1 saturated carbocycles. The molecular formula is C21H28N2O4. The fraction of sp³-hybridized carbons (Fsp3) is 0.619. The molecule has 27 heavy (non-hydrogen) atoms. The normalized spacial score (nSPS) is 28.1. The number of hydrogen-bond acceptors (Lipinski definition) is 4. The van der Waals surface area contributed by atoms with Crippen molar-refractivity contribution in [1.29, 1.82) is 0 Å². The lowest BCUT2D eigenvalue weighted by molar-refractivity contribution is -0.156. The van der Waals surface area contributed by atoms with Gasteiger partial charge in [-0.1, -0.05) is 18.2 Å². The number of aliphatic carboxylic acids is 1. The maximum atomic E-state index is 13.2. The molecule has 4 rings (SSSR count). The van der Waals surface area contributed by atoms with Crippen molar-refractivity contribution >= 4 is 11.9 Å². The second-order valence-electron chi connectivity index (χ2n) is 8.46. The maximum Gasteiger partial charge on any atom is 0.308 e. The number of carbonyl (C=O) groups excluding carboxylic acids is 1. The van der Waals surface area contributed by atoms with E-state index < -0.39 is 17.9 Å². The molecule has 3 fully saturated rings. The van der Waals surface area contributed by atoms with Gasteiger partial charge in [-0.25, -0.2) is 0 Å². The van der Waals surface area contributed by atoms with E-state index in [1.807, 2.05) is 47.2 Å². The van der Waals surface area contributed by atoms with Crippen LogP contribution in [0.25, 0.3) is 0 Å². The molecule has 1 aliphatic carbocycles. The molecule has 146 valence electrons. The van der Waals surface area contributed by atoms with E-state index >= 15 is 0 Å². The van der Waals surface area contributed by atoms with Crippen LogP contribution in [0.15, 0.2) is 30.3 Å². The zero-order valence-electron chi connectivity index (χ0n) is 15.8. The number of likely N-dealkylation sites (tertiary alicyclic amines) is 2. The van der Waals surface area contributed by atoms with Crippen LogP contribution in [0.1, 0.15) is 32.1 Å². The number of carbonyl (C=O) groups is 2. The van der Waals surface area contributed by atoms with Gasteiger partial charge in [-0.3, -0.25) is 14.5 Å². The smallest absolute Gasteiger partial charge is 0.308 e. The monoisotopic (exact) mass is 372 g/mol. The van der Waals surface area contributed by atoms with Gasteiger partial charge < -0.3 is 14.7 Å². The first-order valence-electron chi connectivity index (χ1n) is 9.91. The SMILES string of the molecule is CN1CC2(CC2)CC(C(=O)O)C1C(=O)N1CCC(Oc2ccccc2)CC1. The third-order valence-corrected chi connectivity index (χ3v) is 6.42. The van der Waals surface area contributed by atoms with Crippen molar-refractivity contribution in [2.75, 3.05) is 26.7 Å². The van der Waals surface area contributed by atoms with Crippen molar-refractivity contribution in [1.82, 2.24) is 9.80 Å². The minimum atomic E-state index is -0.839. The van der Waals surface area contributed by atoms with Gasteiger partial charge in [0, 0.05) is 32.5 Å². The third kappa shape index (κ3) is 3.81. The molecule has 1 spiro atoms. The average Bonchev–Trinajstić information content (AvgIpc) is 3.40. The summed E-state index contributed by atoms with van der Waals surface area (Å²) in [7, 11) is 1.91. The van der Waals surface area contributed by atoms with Gasteiger partial charge in [0.15, 0.2) is 0 Å². The highest BCUT2D eigenvalue weighted by atomic mass is 16.5. The molecule has 2 saturated heterocycles. The minimum Gasteiger partial charge on any atom is -0.490 e. The van der Waals surface area contributed by atoms with E-state index in [1.54, 1.807) is 0 Å². The molecular weight excluding hydrogens is 344 g/mol. The Bertz CT molecular complexity index is 695. The lowest BCUT2D eigenvalue weighted by Crippen LogP contribution is -2.59. The summed E-state index contributed by atoms with van der Waals surface area (Å²) in [6, 6.07) is 9.20. The molecule has 1 aromatic rings. The summed E-state index contributed by atoms with van der Waals surface area (Å²) in [6.45, 7) is 2.08. The molecule has 0 aromatic heterocycles. The van der Waals surface area contributed by atoms with Crippen LogP contribution in [0, 0.1) is 11.3 Å². The van der Waals surface area contributed by atoms with Gasteiger partial charge in [-0.05, 0) is 43.9 Å². The number of likely N-dealkylation sites (N-methyl/N-ethyl adjacent to an activating group) is 1. The molecule has 2 atom stereocenters. The number of rotatable bonds is 4. The van der Waals surface area contributed by atoms with Gasteiger partial charge >= 0.3 is 5.97 Å². The van der Waals surface area contributed by atoms with Gasteiger partial charge in [0.25, 0.3) is 0 Å². The summed E-state index contributed by atoms with van der Waals surface area (Å²) in [5.41, 5.74) is 0.144. The number of ether oxygens (including phenoxy) is 1. The lowest BCUT2D eigenvalue weighted by atomic mass is 9.80. The number of carboxylic acid groups (broad SMARTS) is 1. The van der Waals surface area contributed by atoms with Crippen LogP contribution in [0.5, 0.6) is 5.75 Å². The summed E-state index contributed by atoms with van der Waals surface area (Å²) in [5, 5.41) is 9.72. The standard InChI is InChI=1S/C21H28N2O4/c1-22-14-21(9-10-21)13-17(20(25)26)18(22)19(24)23-11-7-16(8-12-23)27-15-5-3-2-4-6-15/h2-6,16-18H,7-14H2,1H3,(H,25,26). The summed E-state index contributed by atoms with van der Waals surface area (Å²) < 4.78 is 6.00. The largest absolute Gasteiger partial charge is 0.490 e. The molecule has 3 aliphatic rings. The minimum absolute atomic E-state index is 0.0291. The highest BCUT2D eigenvalue weighted by Gasteiger charge is 2.55. The molecule has 2 aliphatic heterocycles. The van der Waals surface area contributed by atoms with Crippen LogP contribution in [0.4, 0.5) is 0 Å². The fourth-order valence-corrected chi connectivity index (χ4v) is 4.77. The zero-order valence-corrected chi connectivity index (χ0v) is 15.8. The Morgan fingerprint density at radius 2 is 1.81 bits per heavy atom. The van der Waals surface area contributed by atoms with Crippen LogP contribution >= 0.6 is 0 Å². The van der Waals surface area contributed by atoms with Crippen LogP contribution in [-0.4, -0.2) is 65.6 Å². The zero-order chi connectivity index (χ0) is 19.0. The molecule has 0 radical (unpaired) electrons. The first-order chi connectivity index (χ1) is 13.0. The average molecular weight is 372 g/mol. The quantitative estimate of drug-likeness (QED) is 0.878. The number of benzene rings is 1. The van der Waals surface area contributed by atoms with Crippen molar-refractivity contribution in [3.05, 3.63) is 30.3 Å². The second-order valence-corrected chi connectivity index (χ2v) is 8.46. The Labute approximate surface area is 160 Å². The van der Waals surface area contributed by atoms with E-state index in [4.69, 9.17) is 4.74 Å². The van der Waals surface area contributed by atoms with E-state index in [0.717, 1.165) is 38.0 Å². The molecule has 2 unspecified atom stereocenters. The molecule has 0 bridgehead atoms. The van der Waals surface area contributed by atoms with Crippen LogP contribution in [0.2, 0.25) is 0 Å². The third-order valence-electron chi connectivity index (χ3n) is 6.42. The van der Waals surface area contributed by atoms with E-state index in [9.17, 15) is 14.7 Å². The van der Waals surface area contributed by atoms with E-state index in [2.05, 4.69) is 0 Å². The summed E-state index contributed by atoms with van der Waals surface area (Å²) in [5.74, 6) is -0.612. The maximum absolute atomic E-state index is 13.2. The fourth-order valence-electron chi connectivity index (χ4n) is 4.77. The predicted molar refractivity (Wildman–Crippen MR) is 100 cm³/mol. The van der Waals surface area contributed by atoms with Crippen molar-refractivity contribution in [2.24, 2.45) is 11.3 Å². The van der Waals surface area contributed by atoms with Gasteiger partial charge in [0.1, 0.15) is 17.9 Å². The topological polar surface area (TPSA) is 70.1 Å². The Morgan fingerprint density at radius 1 is 1.15 bits per heavy atom. The van der Waals surface area contributed by atoms with Gasteiger partial charge in [0.2, 0.25) is 5.91 Å². The predicted octanol–water partition coefficient (Wildman–Crippen LogP) is 2.24. The molecule has 1 aromatic carbocycles. The number of carboxylic acids is 1. The molecule has 1 N–H and O–H groups in total. The van der Waals surface area contributed by atoms with Crippen LogP contribution in [-0.2, 0) is 9.59 Å². The Morgan fingerprint density at radius 3 is 2.41 bits per heavy atom. The number of amides is 1. The highest BCUT2D eigenvalue weighted by Crippen LogP contribution is 2.54. The van der Waals surface area contributed by atoms with Gasteiger partial charge in [0.05, 0.1) is 5.92 Å². The highest BCUT2D eigenvalue weighted by molar-refractivity contribution is 5.88. The number of nitrogens with zero attached hydrogens (tertiary/aromatic N) is 2. The van der Waals surface area contributed by atoms with E-state index in [1.165, 1.54) is 0 Å². The van der Waals surface area contributed by atoms with E-state index in [-0.39, 0.29) is 17.4 Å². The summed E-state index contributed by atoms with van der Waals surface area (Å²) in [4.78, 5) is 28.8. The van der Waals surface area contributed by atoms with Crippen molar-refractivity contribution in [2.45, 2.75) is 44.2 Å². The van der Waals surface area contributed by atoms with E-state index in [0.29, 0.717) is 19.5 Å². The van der Waals surface area contributed by atoms with Crippen molar-refractivity contribution in [3.8, 4) is 5.75 Å². The molecule has 6 heteroatoms. The first kappa shape index (κ1) is 18.3. The van der Waals surface area contributed by atoms with Crippen LogP contribution < -0.4 is 4.74 Å².